The molecule has 0 radical (unpaired) electrons. The summed E-state index contributed by atoms with van der Waals surface area (Å²) in [5, 5.41) is 24.3. The molecular weight excluding hydrogens is 198 g/mol. The van der Waals surface area contributed by atoms with Crippen LogP contribution >= 0.6 is 0 Å². The minimum Gasteiger partial charge on any atom is -0.476 e. The highest BCUT2D eigenvalue weighted by molar-refractivity contribution is 5.84. The number of nitriles is 1. The first-order chi connectivity index (χ1) is 7.20. The maximum Gasteiger partial charge on any atom is 0.358 e. The number of rotatable bonds is 3. The van der Waals surface area contributed by atoms with E-state index < -0.39 is 5.97 Å². The van der Waals surface area contributed by atoms with E-state index in [1.807, 2.05) is 4.90 Å². The third-order valence-corrected chi connectivity index (χ3v) is 2.34. The molecule has 15 heavy (non-hydrogen) atoms. The zero-order valence-corrected chi connectivity index (χ0v) is 7.87. The van der Waals surface area contributed by atoms with Crippen molar-refractivity contribution in [2.24, 2.45) is 0 Å². The molecule has 0 saturated carbocycles. The first kappa shape index (κ1) is 9.61. The molecule has 1 N–H and O–H groups in total. The van der Waals surface area contributed by atoms with Gasteiger partial charge in [-0.05, 0) is 0 Å². The molecule has 1 aromatic rings. The Labute approximate surface area is 85.5 Å². The molecule has 1 saturated heterocycles. The molecule has 1 aliphatic rings. The van der Waals surface area contributed by atoms with E-state index >= 15 is 0 Å². The van der Waals surface area contributed by atoms with Crippen LogP contribution in [0.2, 0.25) is 0 Å². The van der Waals surface area contributed by atoms with Crippen LogP contribution in [0.5, 0.6) is 0 Å². The Morgan fingerprint density at radius 3 is 3.00 bits per heavy atom. The van der Waals surface area contributed by atoms with E-state index in [0.717, 1.165) is 13.1 Å². The lowest BCUT2D eigenvalue weighted by Gasteiger charge is -2.36. The summed E-state index contributed by atoms with van der Waals surface area (Å²) >= 11 is 0. The second-order valence-corrected chi connectivity index (χ2v) is 3.39. The van der Waals surface area contributed by atoms with Gasteiger partial charge in [0.25, 0.3) is 0 Å². The summed E-state index contributed by atoms with van der Waals surface area (Å²) in [6.45, 7) is 1.84. The second kappa shape index (κ2) is 3.67. The van der Waals surface area contributed by atoms with Crippen LogP contribution < -0.4 is 0 Å². The summed E-state index contributed by atoms with van der Waals surface area (Å²) in [7, 11) is 0. The SMILES string of the molecule is N#CCN1CC(n2cc(C(=O)O)nn2)C1. The van der Waals surface area contributed by atoms with Crippen molar-refractivity contribution in [3.8, 4) is 6.07 Å². The van der Waals surface area contributed by atoms with Gasteiger partial charge >= 0.3 is 5.97 Å². The van der Waals surface area contributed by atoms with Gasteiger partial charge in [-0.2, -0.15) is 5.26 Å². The maximum absolute atomic E-state index is 10.5. The number of nitrogens with zero attached hydrogens (tertiary/aromatic N) is 5. The van der Waals surface area contributed by atoms with Crippen molar-refractivity contribution >= 4 is 5.97 Å². The van der Waals surface area contributed by atoms with Gasteiger partial charge in [-0.25, -0.2) is 9.48 Å². The minimum atomic E-state index is -1.07. The van der Waals surface area contributed by atoms with Crippen LogP contribution in [0.15, 0.2) is 6.20 Å². The van der Waals surface area contributed by atoms with Crippen molar-refractivity contribution < 1.29 is 9.90 Å². The zero-order chi connectivity index (χ0) is 10.8. The van der Waals surface area contributed by atoms with E-state index in [1.54, 1.807) is 0 Å². The third kappa shape index (κ3) is 1.80. The molecule has 7 heteroatoms. The molecular formula is C8H9N5O2. The smallest absolute Gasteiger partial charge is 0.358 e. The first-order valence-corrected chi connectivity index (χ1v) is 4.45. The number of aromatic carboxylic acids is 1. The number of carboxylic acids is 1. The summed E-state index contributed by atoms with van der Waals surface area (Å²) in [5.41, 5.74) is -0.0475. The summed E-state index contributed by atoms with van der Waals surface area (Å²) in [4.78, 5) is 12.5. The summed E-state index contributed by atoms with van der Waals surface area (Å²) in [5.74, 6) is -1.07. The van der Waals surface area contributed by atoms with Gasteiger partial charge in [0.2, 0.25) is 0 Å². The fraction of sp³-hybridized carbons (Fsp3) is 0.500. The summed E-state index contributed by atoms with van der Waals surface area (Å²) < 4.78 is 1.54. The van der Waals surface area contributed by atoms with Gasteiger partial charge in [0, 0.05) is 13.1 Å². The molecule has 1 aliphatic heterocycles. The van der Waals surface area contributed by atoms with Crippen LogP contribution in [0.4, 0.5) is 0 Å². The van der Waals surface area contributed by atoms with E-state index in [-0.39, 0.29) is 11.7 Å². The van der Waals surface area contributed by atoms with Crippen LogP contribution in [0.1, 0.15) is 16.5 Å². The largest absolute Gasteiger partial charge is 0.476 e. The number of hydrogen-bond donors (Lipinski definition) is 1. The van der Waals surface area contributed by atoms with Gasteiger partial charge in [0.15, 0.2) is 5.69 Å². The Kier molecular flexibility index (Phi) is 2.35. The van der Waals surface area contributed by atoms with Crippen LogP contribution in [-0.2, 0) is 0 Å². The average Bonchev–Trinajstić information content (AvgIpc) is 2.59. The highest BCUT2D eigenvalue weighted by atomic mass is 16.4. The number of carbonyl (C=O) groups is 1. The Balaban J connectivity index is 1.96. The number of hydrogen-bond acceptors (Lipinski definition) is 5. The molecule has 0 atom stereocenters. The fourth-order valence-corrected chi connectivity index (χ4v) is 1.49. The van der Waals surface area contributed by atoms with Crippen molar-refractivity contribution in [3.63, 3.8) is 0 Å². The number of aromatic nitrogens is 3. The topological polar surface area (TPSA) is 95.0 Å². The molecule has 0 aromatic carbocycles. The molecule has 2 heterocycles. The van der Waals surface area contributed by atoms with Gasteiger partial charge in [-0.3, -0.25) is 4.90 Å². The summed E-state index contributed by atoms with van der Waals surface area (Å²) in [6, 6.07) is 2.19. The third-order valence-electron chi connectivity index (χ3n) is 2.34. The second-order valence-electron chi connectivity index (χ2n) is 3.39. The Morgan fingerprint density at radius 1 is 1.73 bits per heavy atom. The van der Waals surface area contributed by atoms with E-state index in [1.165, 1.54) is 10.9 Å². The lowest BCUT2D eigenvalue weighted by molar-refractivity contribution is 0.0690. The average molecular weight is 207 g/mol. The van der Waals surface area contributed by atoms with Crippen LogP contribution in [0, 0.1) is 11.3 Å². The van der Waals surface area contributed by atoms with Gasteiger partial charge in [-0.15, -0.1) is 5.10 Å². The highest BCUT2D eigenvalue weighted by Crippen LogP contribution is 2.19. The van der Waals surface area contributed by atoms with Crippen LogP contribution in [0.25, 0.3) is 0 Å². The minimum absolute atomic E-state index is 0.0475. The molecule has 1 fully saturated rings. The van der Waals surface area contributed by atoms with Gasteiger partial charge in [-0.1, -0.05) is 5.21 Å². The van der Waals surface area contributed by atoms with Crippen LogP contribution in [-0.4, -0.2) is 50.6 Å². The predicted molar refractivity (Wildman–Crippen MR) is 48.1 cm³/mol. The van der Waals surface area contributed by atoms with E-state index in [0.29, 0.717) is 6.54 Å². The number of carboxylic acid groups (broad SMARTS) is 1. The van der Waals surface area contributed by atoms with Crippen molar-refractivity contribution in [2.75, 3.05) is 19.6 Å². The van der Waals surface area contributed by atoms with Crippen molar-refractivity contribution in [2.45, 2.75) is 6.04 Å². The zero-order valence-electron chi connectivity index (χ0n) is 7.87. The Morgan fingerprint density at radius 2 is 2.47 bits per heavy atom. The highest BCUT2D eigenvalue weighted by Gasteiger charge is 2.29. The molecule has 0 unspecified atom stereocenters. The quantitative estimate of drug-likeness (QED) is 0.662. The number of likely N-dealkylation sites (tertiary alicyclic amines) is 1. The van der Waals surface area contributed by atoms with E-state index in [4.69, 9.17) is 10.4 Å². The lowest BCUT2D eigenvalue weighted by atomic mass is 10.1. The molecule has 0 spiro atoms. The Hall–Kier alpha value is -1.94. The van der Waals surface area contributed by atoms with Gasteiger partial charge in [0.1, 0.15) is 0 Å². The lowest BCUT2D eigenvalue weighted by Crippen LogP contribution is -2.47. The Bertz CT molecular complexity index is 415. The molecule has 2 rings (SSSR count). The predicted octanol–water partition coefficient (Wildman–Crippen LogP) is -0.643. The molecule has 0 bridgehead atoms. The van der Waals surface area contributed by atoms with Crippen LogP contribution in [0.3, 0.4) is 0 Å². The van der Waals surface area contributed by atoms with Gasteiger partial charge in [0.05, 0.1) is 24.9 Å². The summed E-state index contributed by atoms with van der Waals surface area (Å²) in [6.07, 6.45) is 1.41. The monoisotopic (exact) mass is 207 g/mol. The van der Waals surface area contributed by atoms with Crippen molar-refractivity contribution in [1.82, 2.24) is 19.9 Å². The van der Waals surface area contributed by atoms with Crippen molar-refractivity contribution in [3.05, 3.63) is 11.9 Å². The molecule has 1 aromatic heterocycles. The molecule has 7 nitrogen and oxygen atoms in total. The molecule has 0 aliphatic carbocycles. The first-order valence-electron chi connectivity index (χ1n) is 4.45. The fourth-order valence-electron chi connectivity index (χ4n) is 1.49. The van der Waals surface area contributed by atoms with Crippen molar-refractivity contribution in [1.29, 1.82) is 5.26 Å². The van der Waals surface area contributed by atoms with E-state index in [9.17, 15) is 4.79 Å². The molecule has 78 valence electrons. The van der Waals surface area contributed by atoms with Gasteiger partial charge < -0.3 is 5.11 Å². The standard InChI is InChI=1S/C8H9N5O2/c9-1-2-12-3-6(4-12)13-5-7(8(14)15)10-11-13/h5-6H,2-4H2,(H,14,15). The molecule has 0 amide bonds. The van der Waals surface area contributed by atoms with E-state index in [2.05, 4.69) is 16.4 Å². The maximum atomic E-state index is 10.5. The normalized spacial score (nSPS) is 17.0.